The second kappa shape index (κ2) is 4.95. The molecule has 0 aliphatic rings. The molecule has 0 aliphatic heterocycles. The molecule has 2 aromatic rings. The van der Waals surface area contributed by atoms with Gasteiger partial charge in [-0.15, -0.1) is 11.3 Å². The summed E-state index contributed by atoms with van der Waals surface area (Å²) < 4.78 is 14.2. The monoisotopic (exact) mass is 255 g/mol. The van der Waals surface area contributed by atoms with E-state index in [1.54, 1.807) is 13.1 Å². The minimum Gasteiger partial charge on any atom is -0.316 e. The third-order valence-electron chi connectivity index (χ3n) is 2.27. The van der Waals surface area contributed by atoms with Gasteiger partial charge in [-0.25, -0.2) is 4.39 Å². The summed E-state index contributed by atoms with van der Waals surface area (Å²) in [7, 11) is 1.80. The Morgan fingerprint density at radius 2 is 2.12 bits per heavy atom. The Balaban J connectivity index is 2.39. The minimum absolute atomic E-state index is 0.180. The van der Waals surface area contributed by atoms with Gasteiger partial charge in [0.2, 0.25) is 0 Å². The highest BCUT2D eigenvalue weighted by Gasteiger charge is 2.06. The SMILES string of the molecule is CNCc1cc(-c2ccc(Cl)s2)ccc1F. The number of hydrogen-bond donors (Lipinski definition) is 1. The fraction of sp³-hybridized carbons (Fsp3) is 0.167. The summed E-state index contributed by atoms with van der Waals surface area (Å²) in [6.45, 7) is 0.527. The van der Waals surface area contributed by atoms with Gasteiger partial charge in [0.05, 0.1) is 4.34 Å². The molecular formula is C12H11ClFNS. The summed E-state index contributed by atoms with van der Waals surface area (Å²) >= 11 is 7.37. The van der Waals surface area contributed by atoms with Crippen LogP contribution in [0.5, 0.6) is 0 Å². The van der Waals surface area contributed by atoms with Crippen LogP contribution in [0.4, 0.5) is 4.39 Å². The topological polar surface area (TPSA) is 12.0 Å². The number of hydrogen-bond acceptors (Lipinski definition) is 2. The van der Waals surface area contributed by atoms with Crippen molar-refractivity contribution in [2.45, 2.75) is 6.54 Å². The van der Waals surface area contributed by atoms with E-state index >= 15 is 0 Å². The Bertz CT molecular complexity index is 496. The predicted octanol–water partition coefficient (Wildman–Crippen LogP) is 3.93. The summed E-state index contributed by atoms with van der Waals surface area (Å²) in [6.07, 6.45) is 0. The Morgan fingerprint density at radius 1 is 1.31 bits per heavy atom. The number of benzene rings is 1. The third kappa shape index (κ3) is 2.43. The van der Waals surface area contributed by atoms with Gasteiger partial charge in [-0.05, 0) is 36.9 Å². The maximum atomic E-state index is 13.4. The number of halogens is 2. The average Bonchev–Trinajstić information content (AvgIpc) is 2.69. The number of nitrogens with one attached hydrogen (secondary N) is 1. The van der Waals surface area contributed by atoms with Gasteiger partial charge < -0.3 is 5.32 Å². The van der Waals surface area contributed by atoms with E-state index in [9.17, 15) is 4.39 Å². The van der Waals surface area contributed by atoms with Crippen LogP contribution < -0.4 is 5.32 Å². The molecule has 0 bridgehead atoms. The summed E-state index contributed by atoms with van der Waals surface area (Å²) in [5.41, 5.74) is 1.67. The van der Waals surface area contributed by atoms with Crippen molar-refractivity contribution in [2.75, 3.05) is 7.05 Å². The van der Waals surface area contributed by atoms with Crippen LogP contribution in [-0.4, -0.2) is 7.05 Å². The molecular weight excluding hydrogens is 245 g/mol. The summed E-state index contributed by atoms with van der Waals surface area (Å²) in [5, 5.41) is 2.95. The Morgan fingerprint density at radius 3 is 2.75 bits per heavy atom. The molecule has 0 saturated heterocycles. The van der Waals surface area contributed by atoms with Crippen LogP contribution in [0.3, 0.4) is 0 Å². The van der Waals surface area contributed by atoms with Crippen molar-refractivity contribution in [1.29, 1.82) is 0 Å². The molecule has 0 atom stereocenters. The van der Waals surface area contributed by atoms with Crippen LogP contribution in [0.25, 0.3) is 10.4 Å². The smallest absolute Gasteiger partial charge is 0.127 e. The molecule has 1 N–H and O–H groups in total. The van der Waals surface area contributed by atoms with Gasteiger partial charge >= 0.3 is 0 Å². The molecule has 0 fully saturated rings. The molecule has 1 aromatic carbocycles. The molecule has 0 radical (unpaired) electrons. The molecule has 16 heavy (non-hydrogen) atoms. The van der Waals surface area contributed by atoms with E-state index in [1.807, 2.05) is 18.2 Å². The van der Waals surface area contributed by atoms with Gasteiger partial charge in [-0.1, -0.05) is 17.7 Å². The maximum absolute atomic E-state index is 13.4. The van der Waals surface area contributed by atoms with Gasteiger partial charge in [0.25, 0.3) is 0 Å². The van der Waals surface area contributed by atoms with Crippen molar-refractivity contribution in [3.05, 3.63) is 46.0 Å². The summed E-state index contributed by atoms with van der Waals surface area (Å²) in [6, 6.07) is 8.92. The average molecular weight is 256 g/mol. The van der Waals surface area contributed by atoms with Gasteiger partial charge in [0.15, 0.2) is 0 Å². The lowest BCUT2D eigenvalue weighted by Crippen LogP contribution is -2.06. The van der Waals surface area contributed by atoms with Crippen molar-refractivity contribution >= 4 is 22.9 Å². The quantitative estimate of drug-likeness (QED) is 0.876. The van der Waals surface area contributed by atoms with Crippen LogP contribution in [0.1, 0.15) is 5.56 Å². The van der Waals surface area contributed by atoms with E-state index in [1.165, 1.54) is 17.4 Å². The van der Waals surface area contributed by atoms with Crippen molar-refractivity contribution in [2.24, 2.45) is 0 Å². The molecule has 0 spiro atoms. The summed E-state index contributed by atoms with van der Waals surface area (Å²) in [5.74, 6) is -0.180. The molecule has 0 saturated carbocycles. The lowest BCUT2D eigenvalue weighted by atomic mass is 10.1. The van der Waals surface area contributed by atoms with E-state index < -0.39 is 0 Å². The van der Waals surface area contributed by atoms with Crippen molar-refractivity contribution in [3.63, 3.8) is 0 Å². The molecule has 0 unspecified atom stereocenters. The van der Waals surface area contributed by atoms with Crippen molar-refractivity contribution in [3.8, 4) is 10.4 Å². The Kier molecular flexibility index (Phi) is 3.59. The van der Waals surface area contributed by atoms with Crippen LogP contribution >= 0.6 is 22.9 Å². The molecule has 1 aromatic heterocycles. The highest BCUT2D eigenvalue weighted by atomic mass is 35.5. The zero-order valence-corrected chi connectivity index (χ0v) is 10.3. The lowest BCUT2D eigenvalue weighted by molar-refractivity contribution is 0.601. The second-order valence-corrected chi connectivity index (χ2v) is 5.16. The van der Waals surface area contributed by atoms with E-state index in [0.29, 0.717) is 12.1 Å². The van der Waals surface area contributed by atoms with E-state index in [4.69, 9.17) is 11.6 Å². The molecule has 4 heteroatoms. The fourth-order valence-corrected chi connectivity index (χ4v) is 2.56. The van der Waals surface area contributed by atoms with Crippen molar-refractivity contribution in [1.82, 2.24) is 5.32 Å². The second-order valence-electron chi connectivity index (χ2n) is 3.44. The first-order valence-electron chi connectivity index (χ1n) is 4.89. The van der Waals surface area contributed by atoms with Crippen LogP contribution in [0.15, 0.2) is 30.3 Å². The van der Waals surface area contributed by atoms with Gasteiger partial charge in [0.1, 0.15) is 5.82 Å². The van der Waals surface area contributed by atoms with Crippen LogP contribution in [0, 0.1) is 5.82 Å². The van der Waals surface area contributed by atoms with Crippen LogP contribution in [0.2, 0.25) is 4.34 Å². The number of thiophene rings is 1. The first-order valence-corrected chi connectivity index (χ1v) is 6.09. The van der Waals surface area contributed by atoms with Crippen molar-refractivity contribution < 1.29 is 4.39 Å². The van der Waals surface area contributed by atoms with Gasteiger partial charge in [0, 0.05) is 17.0 Å². The molecule has 0 amide bonds. The fourth-order valence-electron chi connectivity index (χ4n) is 1.52. The highest BCUT2D eigenvalue weighted by Crippen LogP contribution is 2.31. The van der Waals surface area contributed by atoms with E-state index in [-0.39, 0.29) is 5.82 Å². The normalized spacial score (nSPS) is 10.7. The standard InChI is InChI=1S/C12H11ClFNS/c1-15-7-9-6-8(2-3-10(9)14)11-4-5-12(13)16-11/h2-6,15H,7H2,1H3. The Hall–Kier alpha value is -0.900. The highest BCUT2D eigenvalue weighted by molar-refractivity contribution is 7.19. The van der Waals surface area contributed by atoms with E-state index in [0.717, 1.165) is 14.8 Å². The molecule has 1 heterocycles. The predicted molar refractivity (Wildman–Crippen MR) is 67.5 cm³/mol. The number of rotatable bonds is 3. The molecule has 2 rings (SSSR count). The third-order valence-corrected chi connectivity index (χ3v) is 3.55. The van der Waals surface area contributed by atoms with Gasteiger partial charge in [-0.2, -0.15) is 0 Å². The zero-order valence-electron chi connectivity index (χ0n) is 8.76. The lowest BCUT2D eigenvalue weighted by Gasteiger charge is -2.04. The maximum Gasteiger partial charge on any atom is 0.127 e. The molecule has 84 valence electrons. The first kappa shape index (κ1) is 11.6. The van der Waals surface area contributed by atoms with E-state index in [2.05, 4.69) is 5.32 Å². The minimum atomic E-state index is -0.180. The zero-order chi connectivity index (χ0) is 11.5. The molecule has 1 nitrogen and oxygen atoms in total. The first-order chi connectivity index (χ1) is 7.70. The summed E-state index contributed by atoms with van der Waals surface area (Å²) in [4.78, 5) is 1.06. The van der Waals surface area contributed by atoms with Crippen LogP contribution in [-0.2, 0) is 6.54 Å². The molecule has 0 aliphatic carbocycles. The Labute approximate surface area is 103 Å². The largest absolute Gasteiger partial charge is 0.316 e. The van der Waals surface area contributed by atoms with Gasteiger partial charge in [-0.3, -0.25) is 0 Å².